The minimum absolute atomic E-state index is 0.714. The third-order valence-corrected chi connectivity index (χ3v) is 2.43. The van der Waals surface area contributed by atoms with Crippen molar-refractivity contribution in [3.8, 4) is 11.1 Å². The highest BCUT2D eigenvalue weighted by atomic mass is 16.1. The number of hydrogen-bond acceptors (Lipinski definition) is 1. The fraction of sp³-hybridized carbons (Fsp3) is 0.188. The molecule has 2 aromatic carbocycles. The Morgan fingerprint density at radius 1 is 0.765 bits per heavy atom. The maximum absolute atomic E-state index is 10.5. The van der Waals surface area contributed by atoms with Gasteiger partial charge in [-0.1, -0.05) is 67.9 Å². The van der Waals surface area contributed by atoms with Crippen LogP contribution >= 0.6 is 0 Å². The van der Waals surface area contributed by atoms with Gasteiger partial charge in [-0.25, -0.2) is 0 Å². The molecule has 0 fully saturated rings. The molecule has 0 spiro atoms. The number of aryl methyl sites for hydroxylation is 1. The van der Waals surface area contributed by atoms with E-state index in [2.05, 4.69) is 31.2 Å². The van der Waals surface area contributed by atoms with Gasteiger partial charge < -0.3 is 0 Å². The van der Waals surface area contributed by atoms with Gasteiger partial charge in [0.1, 0.15) is 6.29 Å². The molecule has 88 valence electrons. The van der Waals surface area contributed by atoms with Gasteiger partial charge >= 0.3 is 0 Å². The molecule has 0 N–H and O–H groups in total. The van der Waals surface area contributed by atoms with E-state index in [-0.39, 0.29) is 0 Å². The van der Waals surface area contributed by atoms with Crippen molar-refractivity contribution in [3.05, 3.63) is 59.7 Å². The third kappa shape index (κ3) is 3.56. The van der Waals surface area contributed by atoms with Gasteiger partial charge in [0.25, 0.3) is 0 Å². The molecule has 0 aliphatic heterocycles. The van der Waals surface area contributed by atoms with Gasteiger partial charge in [0, 0.05) is 5.56 Å². The van der Waals surface area contributed by atoms with Crippen molar-refractivity contribution < 1.29 is 4.79 Å². The molecule has 1 nitrogen and oxygen atoms in total. The molecule has 0 saturated carbocycles. The average Bonchev–Trinajstić information content (AvgIpc) is 2.42. The van der Waals surface area contributed by atoms with Crippen molar-refractivity contribution >= 4 is 6.29 Å². The van der Waals surface area contributed by atoms with Crippen LogP contribution in [0.25, 0.3) is 11.1 Å². The van der Waals surface area contributed by atoms with Crippen molar-refractivity contribution in [1.29, 1.82) is 0 Å². The summed E-state index contributed by atoms with van der Waals surface area (Å²) < 4.78 is 0. The summed E-state index contributed by atoms with van der Waals surface area (Å²) >= 11 is 0. The number of carbonyl (C=O) groups excluding carboxylic acids is 1. The Morgan fingerprint density at radius 3 is 1.59 bits per heavy atom. The van der Waals surface area contributed by atoms with E-state index in [1.807, 2.05) is 38.1 Å². The standard InChI is InChI=1S/C14H12O.C2H6/c1-11-2-6-13(7-3-11)14-8-4-12(10-15)5-9-14;1-2/h2-10H,1H3;1-2H3. The first-order valence-electron chi connectivity index (χ1n) is 5.92. The lowest BCUT2D eigenvalue weighted by molar-refractivity contribution is 0.112. The van der Waals surface area contributed by atoms with Crippen LogP contribution in [0.5, 0.6) is 0 Å². The van der Waals surface area contributed by atoms with Crippen molar-refractivity contribution in [2.24, 2.45) is 0 Å². The van der Waals surface area contributed by atoms with E-state index in [0.717, 1.165) is 11.8 Å². The second-order valence-corrected chi connectivity index (χ2v) is 3.61. The highest BCUT2D eigenvalue weighted by molar-refractivity contribution is 5.76. The molecule has 0 aromatic heterocycles. The maximum atomic E-state index is 10.5. The van der Waals surface area contributed by atoms with Crippen LogP contribution in [-0.2, 0) is 0 Å². The fourth-order valence-electron chi connectivity index (χ4n) is 1.50. The second-order valence-electron chi connectivity index (χ2n) is 3.61. The Labute approximate surface area is 103 Å². The average molecular weight is 226 g/mol. The van der Waals surface area contributed by atoms with Gasteiger partial charge in [-0.2, -0.15) is 0 Å². The lowest BCUT2D eigenvalue weighted by atomic mass is 10.0. The zero-order chi connectivity index (χ0) is 12.7. The van der Waals surface area contributed by atoms with Crippen molar-refractivity contribution in [2.45, 2.75) is 20.8 Å². The van der Waals surface area contributed by atoms with Gasteiger partial charge in [0.2, 0.25) is 0 Å². The molecule has 0 unspecified atom stereocenters. The maximum Gasteiger partial charge on any atom is 0.150 e. The summed E-state index contributed by atoms with van der Waals surface area (Å²) in [5.41, 5.74) is 4.28. The largest absolute Gasteiger partial charge is 0.298 e. The van der Waals surface area contributed by atoms with Gasteiger partial charge in [-0.15, -0.1) is 0 Å². The molecular formula is C16H18O. The number of carbonyl (C=O) groups is 1. The summed E-state index contributed by atoms with van der Waals surface area (Å²) in [7, 11) is 0. The van der Waals surface area contributed by atoms with Gasteiger partial charge in [-0.05, 0) is 18.1 Å². The fourth-order valence-corrected chi connectivity index (χ4v) is 1.50. The van der Waals surface area contributed by atoms with E-state index in [9.17, 15) is 4.79 Å². The summed E-state index contributed by atoms with van der Waals surface area (Å²) in [5, 5.41) is 0. The quantitative estimate of drug-likeness (QED) is 0.689. The summed E-state index contributed by atoms with van der Waals surface area (Å²) in [5.74, 6) is 0. The van der Waals surface area contributed by atoms with Crippen molar-refractivity contribution in [1.82, 2.24) is 0 Å². The first kappa shape index (κ1) is 13.2. The molecule has 0 radical (unpaired) electrons. The van der Waals surface area contributed by atoms with E-state index in [0.29, 0.717) is 5.56 Å². The van der Waals surface area contributed by atoms with E-state index in [1.54, 1.807) is 0 Å². The van der Waals surface area contributed by atoms with Gasteiger partial charge in [0.05, 0.1) is 0 Å². The summed E-state index contributed by atoms with van der Waals surface area (Å²) in [6.07, 6.45) is 0.860. The van der Waals surface area contributed by atoms with Crippen molar-refractivity contribution in [2.75, 3.05) is 0 Å². The molecule has 0 aliphatic rings. The molecule has 0 heterocycles. The summed E-state index contributed by atoms with van der Waals surface area (Å²) in [6, 6.07) is 16.0. The third-order valence-electron chi connectivity index (χ3n) is 2.43. The summed E-state index contributed by atoms with van der Waals surface area (Å²) in [6.45, 7) is 6.07. The first-order chi connectivity index (χ1) is 8.29. The highest BCUT2D eigenvalue weighted by Crippen LogP contribution is 2.19. The molecular weight excluding hydrogens is 208 g/mol. The lowest BCUT2D eigenvalue weighted by Crippen LogP contribution is -1.81. The number of aldehydes is 1. The molecule has 0 atom stereocenters. The first-order valence-corrected chi connectivity index (χ1v) is 5.92. The van der Waals surface area contributed by atoms with Crippen LogP contribution in [0.4, 0.5) is 0 Å². The summed E-state index contributed by atoms with van der Waals surface area (Å²) in [4.78, 5) is 10.5. The van der Waals surface area contributed by atoms with Crippen LogP contribution in [0.3, 0.4) is 0 Å². The predicted molar refractivity (Wildman–Crippen MR) is 73.4 cm³/mol. The molecule has 2 rings (SSSR count). The molecule has 1 heteroatoms. The zero-order valence-corrected chi connectivity index (χ0v) is 10.6. The zero-order valence-electron chi connectivity index (χ0n) is 10.6. The molecule has 17 heavy (non-hydrogen) atoms. The Bertz CT molecular complexity index is 452. The predicted octanol–water partition coefficient (Wildman–Crippen LogP) is 4.50. The second kappa shape index (κ2) is 6.64. The van der Waals surface area contributed by atoms with E-state index < -0.39 is 0 Å². The Morgan fingerprint density at radius 2 is 1.18 bits per heavy atom. The molecule has 0 bridgehead atoms. The van der Waals surface area contributed by atoms with E-state index in [1.165, 1.54) is 11.1 Å². The SMILES string of the molecule is CC.Cc1ccc(-c2ccc(C=O)cc2)cc1. The van der Waals surface area contributed by atoms with Crippen LogP contribution in [0.15, 0.2) is 48.5 Å². The Balaban J connectivity index is 0.000000686. The topological polar surface area (TPSA) is 17.1 Å². The monoisotopic (exact) mass is 226 g/mol. The van der Waals surface area contributed by atoms with E-state index in [4.69, 9.17) is 0 Å². The molecule has 0 aliphatic carbocycles. The van der Waals surface area contributed by atoms with Gasteiger partial charge in [-0.3, -0.25) is 4.79 Å². The molecule has 0 amide bonds. The van der Waals surface area contributed by atoms with Gasteiger partial charge in [0.15, 0.2) is 0 Å². The highest BCUT2D eigenvalue weighted by Gasteiger charge is 1.96. The van der Waals surface area contributed by atoms with Crippen molar-refractivity contribution in [3.63, 3.8) is 0 Å². The number of benzene rings is 2. The van der Waals surface area contributed by atoms with Crippen LogP contribution in [0, 0.1) is 6.92 Å². The minimum Gasteiger partial charge on any atom is -0.298 e. The number of rotatable bonds is 2. The Hall–Kier alpha value is -1.89. The Kier molecular flexibility index (Phi) is 5.15. The van der Waals surface area contributed by atoms with Crippen LogP contribution in [0.2, 0.25) is 0 Å². The van der Waals surface area contributed by atoms with Crippen LogP contribution in [-0.4, -0.2) is 6.29 Å². The normalized spacial score (nSPS) is 9.12. The molecule has 2 aromatic rings. The minimum atomic E-state index is 0.714. The molecule has 0 saturated heterocycles. The van der Waals surface area contributed by atoms with E-state index >= 15 is 0 Å². The lowest BCUT2D eigenvalue weighted by Gasteiger charge is -2.02. The smallest absolute Gasteiger partial charge is 0.150 e. The number of hydrogen-bond donors (Lipinski definition) is 0. The van der Waals surface area contributed by atoms with Crippen LogP contribution in [0.1, 0.15) is 29.8 Å². The van der Waals surface area contributed by atoms with Crippen LogP contribution < -0.4 is 0 Å².